The van der Waals surface area contributed by atoms with Gasteiger partial charge in [-0.3, -0.25) is 4.79 Å². The molecule has 1 heterocycles. The van der Waals surface area contributed by atoms with Crippen molar-refractivity contribution in [3.8, 4) is 0 Å². The Labute approximate surface area is 115 Å². The van der Waals surface area contributed by atoms with Crippen molar-refractivity contribution in [2.45, 2.75) is 0 Å². The highest BCUT2D eigenvalue weighted by Crippen LogP contribution is 2.23. The SMILES string of the molecule is O=C(Nc1ccc(Br)c(F)c1)c1ccc(Cl)s1. The molecule has 0 fully saturated rings. The Balaban J connectivity index is 2.15. The molecule has 0 saturated heterocycles. The zero-order valence-corrected chi connectivity index (χ0v) is 11.5. The lowest BCUT2D eigenvalue weighted by Gasteiger charge is -2.04. The van der Waals surface area contributed by atoms with Gasteiger partial charge in [0, 0.05) is 5.69 Å². The molecule has 2 nitrogen and oxygen atoms in total. The molecule has 1 N–H and O–H groups in total. The topological polar surface area (TPSA) is 29.1 Å². The zero-order valence-electron chi connectivity index (χ0n) is 8.34. The summed E-state index contributed by atoms with van der Waals surface area (Å²) in [6, 6.07) is 7.66. The highest BCUT2D eigenvalue weighted by atomic mass is 79.9. The fourth-order valence-electron chi connectivity index (χ4n) is 1.20. The third kappa shape index (κ3) is 3.06. The zero-order chi connectivity index (χ0) is 12.4. The highest BCUT2D eigenvalue weighted by molar-refractivity contribution is 9.10. The van der Waals surface area contributed by atoms with E-state index in [1.54, 1.807) is 18.2 Å². The predicted molar refractivity (Wildman–Crippen MR) is 71.4 cm³/mol. The molecule has 1 amide bonds. The molecule has 0 aliphatic rings. The van der Waals surface area contributed by atoms with E-state index in [1.807, 2.05) is 0 Å². The predicted octanol–water partition coefficient (Wildman–Crippen LogP) is 4.56. The van der Waals surface area contributed by atoms with E-state index in [4.69, 9.17) is 11.6 Å². The Morgan fingerprint density at radius 2 is 2.12 bits per heavy atom. The number of nitrogens with one attached hydrogen (secondary N) is 1. The van der Waals surface area contributed by atoms with Crippen LogP contribution in [-0.4, -0.2) is 5.91 Å². The molecular weight excluding hydrogens is 329 g/mol. The maximum absolute atomic E-state index is 13.2. The Morgan fingerprint density at radius 3 is 2.71 bits per heavy atom. The molecule has 0 saturated carbocycles. The molecule has 0 spiro atoms. The summed E-state index contributed by atoms with van der Waals surface area (Å²) in [5.74, 6) is -0.726. The van der Waals surface area contributed by atoms with Crippen LogP contribution in [0.15, 0.2) is 34.8 Å². The lowest BCUT2D eigenvalue weighted by molar-refractivity contribution is 0.103. The Hall–Kier alpha value is -0.910. The number of rotatable bonds is 2. The molecular formula is C11H6BrClFNOS. The quantitative estimate of drug-likeness (QED) is 0.857. The first kappa shape index (κ1) is 12.5. The third-order valence-electron chi connectivity index (χ3n) is 1.97. The molecule has 0 aliphatic heterocycles. The van der Waals surface area contributed by atoms with Crippen molar-refractivity contribution in [1.29, 1.82) is 0 Å². The normalized spacial score (nSPS) is 10.3. The second kappa shape index (κ2) is 5.16. The first-order valence-electron chi connectivity index (χ1n) is 4.58. The van der Waals surface area contributed by atoms with E-state index in [9.17, 15) is 9.18 Å². The van der Waals surface area contributed by atoms with Crippen LogP contribution in [0.1, 0.15) is 9.67 Å². The van der Waals surface area contributed by atoms with Crippen LogP contribution in [0, 0.1) is 5.82 Å². The van der Waals surface area contributed by atoms with Crippen LogP contribution in [-0.2, 0) is 0 Å². The molecule has 0 bridgehead atoms. The maximum atomic E-state index is 13.2. The molecule has 0 radical (unpaired) electrons. The molecule has 2 aromatic rings. The smallest absolute Gasteiger partial charge is 0.265 e. The van der Waals surface area contributed by atoms with Crippen LogP contribution in [0.4, 0.5) is 10.1 Å². The van der Waals surface area contributed by atoms with Crippen molar-refractivity contribution >= 4 is 50.5 Å². The van der Waals surface area contributed by atoms with E-state index in [0.717, 1.165) is 0 Å². The number of halogens is 3. The Bertz CT molecular complexity index is 572. The Morgan fingerprint density at radius 1 is 1.35 bits per heavy atom. The van der Waals surface area contributed by atoms with Gasteiger partial charge in [-0.05, 0) is 46.3 Å². The molecule has 1 aromatic heterocycles. The average Bonchev–Trinajstić information content (AvgIpc) is 2.70. The summed E-state index contributed by atoms with van der Waals surface area (Å²) in [7, 11) is 0. The summed E-state index contributed by atoms with van der Waals surface area (Å²) < 4.78 is 14.1. The molecule has 0 aliphatic carbocycles. The van der Waals surface area contributed by atoms with E-state index in [2.05, 4.69) is 21.2 Å². The van der Waals surface area contributed by atoms with Gasteiger partial charge in [-0.2, -0.15) is 0 Å². The van der Waals surface area contributed by atoms with Crippen molar-refractivity contribution in [1.82, 2.24) is 0 Å². The minimum atomic E-state index is -0.424. The lowest BCUT2D eigenvalue weighted by Crippen LogP contribution is -2.10. The van der Waals surface area contributed by atoms with Gasteiger partial charge >= 0.3 is 0 Å². The number of amides is 1. The van der Waals surface area contributed by atoms with E-state index in [0.29, 0.717) is 19.4 Å². The second-order valence-corrected chi connectivity index (χ2v) is 5.76. The lowest BCUT2D eigenvalue weighted by atomic mass is 10.3. The van der Waals surface area contributed by atoms with Gasteiger partial charge in [0.25, 0.3) is 5.91 Å². The third-order valence-corrected chi connectivity index (χ3v) is 3.85. The first-order valence-corrected chi connectivity index (χ1v) is 6.57. The van der Waals surface area contributed by atoms with Crippen molar-refractivity contribution < 1.29 is 9.18 Å². The monoisotopic (exact) mass is 333 g/mol. The minimum absolute atomic E-state index is 0.302. The molecule has 88 valence electrons. The van der Waals surface area contributed by atoms with Crippen LogP contribution in [0.2, 0.25) is 4.34 Å². The summed E-state index contributed by atoms with van der Waals surface area (Å²) in [4.78, 5) is 12.2. The standard InChI is InChI=1S/C11H6BrClFNOS/c12-7-2-1-6(5-8(7)14)15-11(16)9-3-4-10(13)17-9/h1-5H,(H,15,16). The minimum Gasteiger partial charge on any atom is -0.321 e. The van der Waals surface area contributed by atoms with Gasteiger partial charge in [-0.15, -0.1) is 11.3 Å². The van der Waals surface area contributed by atoms with Crippen molar-refractivity contribution in [3.63, 3.8) is 0 Å². The number of anilines is 1. The van der Waals surface area contributed by atoms with Gasteiger partial charge in [0.1, 0.15) is 5.82 Å². The maximum Gasteiger partial charge on any atom is 0.265 e. The Kier molecular flexibility index (Phi) is 3.81. The van der Waals surface area contributed by atoms with Crippen LogP contribution < -0.4 is 5.32 Å². The first-order chi connectivity index (χ1) is 8.06. The molecule has 1 aromatic carbocycles. The molecule has 17 heavy (non-hydrogen) atoms. The molecule has 2 rings (SSSR count). The highest BCUT2D eigenvalue weighted by Gasteiger charge is 2.09. The van der Waals surface area contributed by atoms with Gasteiger partial charge in [-0.1, -0.05) is 11.6 Å². The van der Waals surface area contributed by atoms with Gasteiger partial charge in [0.15, 0.2) is 0 Å². The number of carbonyl (C=O) groups is 1. The van der Waals surface area contributed by atoms with Crippen molar-refractivity contribution in [2.24, 2.45) is 0 Å². The average molecular weight is 335 g/mol. The molecule has 0 atom stereocenters. The van der Waals surface area contributed by atoms with Gasteiger partial charge in [0.05, 0.1) is 13.7 Å². The van der Waals surface area contributed by atoms with E-state index >= 15 is 0 Å². The summed E-state index contributed by atoms with van der Waals surface area (Å²) in [6.07, 6.45) is 0. The fourth-order valence-corrected chi connectivity index (χ4v) is 2.39. The van der Waals surface area contributed by atoms with Crippen molar-refractivity contribution in [3.05, 3.63) is 49.8 Å². The number of carbonyl (C=O) groups excluding carboxylic acids is 1. The summed E-state index contributed by atoms with van der Waals surface area (Å²) in [6.45, 7) is 0. The number of hydrogen-bond acceptors (Lipinski definition) is 2. The molecule has 0 unspecified atom stereocenters. The van der Waals surface area contributed by atoms with Crippen LogP contribution in [0.3, 0.4) is 0 Å². The number of hydrogen-bond donors (Lipinski definition) is 1. The summed E-state index contributed by atoms with van der Waals surface area (Å²) in [5, 5.41) is 2.59. The van der Waals surface area contributed by atoms with Gasteiger partial charge < -0.3 is 5.32 Å². The van der Waals surface area contributed by atoms with Gasteiger partial charge in [-0.25, -0.2) is 4.39 Å². The van der Waals surface area contributed by atoms with E-state index in [-0.39, 0.29) is 5.91 Å². The summed E-state index contributed by atoms with van der Waals surface area (Å²) in [5.41, 5.74) is 0.403. The van der Waals surface area contributed by atoms with E-state index in [1.165, 1.54) is 23.5 Å². The second-order valence-electron chi connectivity index (χ2n) is 3.19. The van der Waals surface area contributed by atoms with Crippen LogP contribution >= 0.6 is 38.9 Å². The van der Waals surface area contributed by atoms with Gasteiger partial charge in [0.2, 0.25) is 0 Å². The fraction of sp³-hybridized carbons (Fsp3) is 0. The largest absolute Gasteiger partial charge is 0.321 e. The van der Waals surface area contributed by atoms with Crippen LogP contribution in [0.25, 0.3) is 0 Å². The van der Waals surface area contributed by atoms with Crippen molar-refractivity contribution in [2.75, 3.05) is 5.32 Å². The number of benzene rings is 1. The number of thiophene rings is 1. The molecule has 6 heteroatoms. The van der Waals surface area contributed by atoms with Crippen LogP contribution in [0.5, 0.6) is 0 Å². The van der Waals surface area contributed by atoms with E-state index < -0.39 is 5.82 Å². The summed E-state index contributed by atoms with van der Waals surface area (Å²) >= 11 is 9.94.